The van der Waals surface area contributed by atoms with E-state index in [-0.39, 0.29) is 18.1 Å². The molecule has 25 heavy (non-hydrogen) atoms. The molecular formula is C22H27NO2. The first-order valence-electron chi connectivity index (χ1n) is 8.93. The highest BCUT2D eigenvalue weighted by molar-refractivity contribution is 5.69. The van der Waals surface area contributed by atoms with Crippen molar-refractivity contribution in [3.63, 3.8) is 0 Å². The highest BCUT2D eigenvalue weighted by atomic mass is 16.6. The normalized spacial score (nSPS) is 19.4. The predicted molar refractivity (Wildman–Crippen MR) is 101 cm³/mol. The minimum absolute atomic E-state index is 0.118. The standard InChI is InChI=1S/C22H27NO2/c1-22(2,3)25-21(24)23(4)20-15-17-12-8-9-13-18(17)19(20)14-16-10-6-5-7-11-16/h5-13,19-20H,14-15H2,1-4H3. The number of fused-ring (bicyclic) bond motifs is 1. The Bertz CT molecular complexity index is 733. The van der Waals surface area contributed by atoms with Crippen molar-refractivity contribution in [1.29, 1.82) is 0 Å². The van der Waals surface area contributed by atoms with Gasteiger partial charge in [-0.25, -0.2) is 4.79 Å². The maximum absolute atomic E-state index is 12.6. The molecule has 0 bridgehead atoms. The van der Waals surface area contributed by atoms with Gasteiger partial charge in [-0.05, 0) is 50.3 Å². The van der Waals surface area contributed by atoms with Gasteiger partial charge >= 0.3 is 6.09 Å². The molecule has 2 aromatic carbocycles. The lowest BCUT2D eigenvalue weighted by atomic mass is 9.90. The van der Waals surface area contributed by atoms with Crippen molar-refractivity contribution in [3.05, 3.63) is 71.3 Å². The molecule has 3 rings (SSSR count). The Morgan fingerprint density at radius 2 is 1.72 bits per heavy atom. The molecule has 3 nitrogen and oxygen atoms in total. The van der Waals surface area contributed by atoms with Gasteiger partial charge in [-0.2, -0.15) is 0 Å². The molecule has 0 aliphatic heterocycles. The van der Waals surface area contributed by atoms with Crippen LogP contribution in [-0.4, -0.2) is 29.7 Å². The van der Waals surface area contributed by atoms with Crippen LogP contribution in [0.4, 0.5) is 4.79 Å². The monoisotopic (exact) mass is 337 g/mol. The highest BCUT2D eigenvalue weighted by Gasteiger charge is 2.37. The van der Waals surface area contributed by atoms with Crippen molar-refractivity contribution < 1.29 is 9.53 Å². The first-order valence-corrected chi connectivity index (χ1v) is 8.93. The molecule has 0 radical (unpaired) electrons. The Balaban J connectivity index is 1.86. The molecule has 0 fully saturated rings. The van der Waals surface area contributed by atoms with Gasteiger partial charge in [0.05, 0.1) is 0 Å². The minimum Gasteiger partial charge on any atom is -0.444 e. The molecule has 3 heteroatoms. The Morgan fingerprint density at radius 1 is 1.08 bits per heavy atom. The van der Waals surface area contributed by atoms with Gasteiger partial charge in [-0.1, -0.05) is 54.6 Å². The molecule has 1 aliphatic rings. The summed E-state index contributed by atoms with van der Waals surface area (Å²) in [5.41, 5.74) is 3.51. The van der Waals surface area contributed by atoms with E-state index >= 15 is 0 Å². The van der Waals surface area contributed by atoms with E-state index in [1.165, 1.54) is 16.7 Å². The number of carbonyl (C=O) groups is 1. The maximum Gasteiger partial charge on any atom is 0.410 e. The van der Waals surface area contributed by atoms with Gasteiger partial charge in [-0.15, -0.1) is 0 Å². The number of hydrogen-bond acceptors (Lipinski definition) is 2. The molecular weight excluding hydrogens is 310 g/mol. The maximum atomic E-state index is 12.6. The molecule has 0 spiro atoms. The van der Waals surface area contributed by atoms with Crippen molar-refractivity contribution in [2.45, 2.75) is 51.2 Å². The summed E-state index contributed by atoms with van der Waals surface area (Å²) in [6.45, 7) is 5.72. The van der Waals surface area contributed by atoms with Crippen LogP contribution in [0.3, 0.4) is 0 Å². The average molecular weight is 337 g/mol. The highest BCUT2D eigenvalue weighted by Crippen LogP contribution is 2.38. The van der Waals surface area contributed by atoms with E-state index in [0.29, 0.717) is 0 Å². The molecule has 1 amide bonds. The fourth-order valence-corrected chi connectivity index (χ4v) is 3.65. The smallest absolute Gasteiger partial charge is 0.410 e. The number of rotatable bonds is 3. The van der Waals surface area contributed by atoms with Crippen LogP contribution in [0.5, 0.6) is 0 Å². The fourth-order valence-electron chi connectivity index (χ4n) is 3.65. The fraction of sp³-hybridized carbons (Fsp3) is 0.409. The third kappa shape index (κ3) is 4.04. The average Bonchev–Trinajstić information content (AvgIpc) is 2.92. The number of nitrogens with zero attached hydrogens (tertiary/aromatic N) is 1. The Kier molecular flexibility index (Phi) is 4.85. The molecule has 132 valence electrons. The SMILES string of the molecule is CN(C(=O)OC(C)(C)C)C1Cc2ccccc2C1Cc1ccccc1. The van der Waals surface area contributed by atoms with Crippen LogP contribution in [0.15, 0.2) is 54.6 Å². The van der Waals surface area contributed by atoms with Crippen molar-refractivity contribution in [1.82, 2.24) is 4.90 Å². The largest absolute Gasteiger partial charge is 0.444 e. The molecule has 0 heterocycles. The summed E-state index contributed by atoms with van der Waals surface area (Å²) in [7, 11) is 1.86. The van der Waals surface area contributed by atoms with Gasteiger partial charge in [0.15, 0.2) is 0 Å². The van der Waals surface area contributed by atoms with Crippen LogP contribution in [-0.2, 0) is 17.6 Å². The van der Waals surface area contributed by atoms with Crippen LogP contribution < -0.4 is 0 Å². The lowest BCUT2D eigenvalue weighted by Gasteiger charge is -2.32. The molecule has 0 N–H and O–H groups in total. The zero-order valence-electron chi connectivity index (χ0n) is 15.5. The number of likely N-dealkylation sites (N-methyl/N-ethyl adjacent to an activating group) is 1. The van der Waals surface area contributed by atoms with Crippen molar-refractivity contribution >= 4 is 6.09 Å². The van der Waals surface area contributed by atoms with E-state index in [1.54, 1.807) is 4.90 Å². The summed E-state index contributed by atoms with van der Waals surface area (Å²) < 4.78 is 5.60. The van der Waals surface area contributed by atoms with Gasteiger partial charge in [0.1, 0.15) is 5.60 Å². The van der Waals surface area contributed by atoms with Crippen LogP contribution in [0.25, 0.3) is 0 Å². The summed E-state index contributed by atoms with van der Waals surface area (Å²) in [5, 5.41) is 0. The molecule has 1 aliphatic carbocycles. The van der Waals surface area contributed by atoms with Gasteiger partial charge in [0.2, 0.25) is 0 Å². The summed E-state index contributed by atoms with van der Waals surface area (Å²) in [4.78, 5) is 14.4. The quantitative estimate of drug-likeness (QED) is 0.805. The van der Waals surface area contributed by atoms with Gasteiger partial charge in [-0.3, -0.25) is 0 Å². The Morgan fingerprint density at radius 3 is 2.40 bits per heavy atom. The van der Waals surface area contributed by atoms with Crippen LogP contribution in [0.1, 0.15) is 43.4 Å². The number of carbonyl (C=O) groups excluding carboxylic acids is 1. The summed E-state index contributed by atoms with van der Waals surface area (Å²) in [5.74, 6) is 0.288. The molecule has 0 saturated heterocycles. The van der Waals surface area contributed by atoms with E-state index in [2.05, 4.69) is 48.5 Å². The third-order valence-corrected chi connectivity index (χ3v) is 4.83. The van der Waals surface area contributed by atoms with Crippen molar-refractivity contribution in [2.24, 2.45) is 0 Å². The summed E-state index contributed by atoms with van der Waals surface area (Å²) in [6, 6.07) is 19.2. The lowest BCUT2D eigenvalue weighted by molar-refractivity contribution is 0.0207. The zero-order valence-corrected chi connectivity index (χ0v) is 15.5. The Hall–Kier alpha value is -2.29. The first-order chi connectivity index (χ1) is 11.8. The van der Waals surface area contributed by atoms with E-state index in [4.69, 9.17) is 4.74 Å². The predicted octanol–water partition coefficient (Wildman–Crippen LogP) is 4.80. The van der Waals surface area contributed by atoms with Crippen LogP contribution in [0.2, 0.25) is 0 Å². The summed E-state index contributed by atoms with van der Waals surface area (Å²) in [6.07, 6.45) is 1.56. The van der Waals surface area contributed by atoms with Crippen LogP contribution >= 0.6 is 0 Å². The van der Waals surface area contributed by atoms with E-state index in [9.17, 15) is 4.79 Å². The number of amides is 1. The van der Waals surface area contributed by atoms with E-state index < -0.39 is 5.60 Å². The zero-order chi connectivity index (χ0) is 18.0. The second kappa shape index (κ2) is 6.91. The van der Waals surface area contributed by atoms with E-state index in [1.807, 2.05) is 33.9 Å². The second-order valence-electron chi connectivity index (χ2n) is 7.86. The molecule has 2 atom stereocenters. The van der Waals surface area contributed by atoms with Crippen LogP contribution in [0, 0.1) is 0 Å². The minimum atomic E-state index is -0.480. The number of ether oxygens (including phenoxy) is 1. The molecule has 2 unspecified atom stereocenters. The van der Waals surface area contributed by atoms with Gasteiger partial charge in [0.25, 0.3) is 0 Å². The Labute approximate surface area is 150 Å². The lowest BCUT2D eigenvalue weighted by Crippen LogP contribution is -2.43. The van der Waals surface area contributed by atoms with Gasteiger partial charge < -0.3 is 9.64 Å². The topological polar surface area (TPSA) is 29.5 Å². The van der Waals surface area contributed by atoms with E-state index in [0.717, 1.165) is 12.8 Å². The van der Waals surface area contributed by atoms with Gasteiger partial charge in [0, 0.05) is 19.0 Å². The molecule has 0 saturated carbocycles. The molecule has 0 aromatic heterocycles. The second-order valence-corrected chi connectivity index (χ2v) is 7.86. The third-order valence-electron chi connectivity index (χ3n) is 4.83. The first kappa shape index (κ1) is 17.5. The summed E-state index contributed by atoms with van der Waals surface area (Å²) >= 11 is 0. The van der Waals surface area contributed by atoms with Crippen molar-refractivity contribution in [2.75, 3.05) is 7.05 Å². The number of hydrogen-bond donors (Lipinski definition) is 0. The number of benzene rings is 2. The van der Waals surface area contributed by atoms with Crippen molar-refractivity contribution in [3.8, 4) is 0 Å². The molecule has 2 aromatic rings.